The van der Waals surface area contributed by atoms with Gasteiger partial charge in [-0.15, -0.1) is 0 Å². The van der Waals surface area contributed by atoms with Gasteiger partial charge < -0.3 is 10.2 Å². The van der Waals surface area contributed by atoms with Crippen molar-refractivity contribution < 1.29 is 9.59 Å². The molecule has 0 aliphatic rings. The van der Waals surface area contributed by atoms with Gasteiger partial charge in [-0.05, 0) is 56.2 Å². The number of anilines is 2. The first-order valence-electron chi connectivity index (χ1n) is 9.21. The summed E-state index contributed by atoms with van der Waals surface area (Å²) >= 11 is 0. The lowest BCUT2D eigenvalue weighted by molar-refractivity contribution is 0.0983. The minimum Gasteiger partial charge on any atom is -0.322 e. The van der Waals surface area contributed by atoms with E-state index in [1.54, 1.807) is 11.0 Å². The summed E-state index contributed by atoms with van der Waals surface area (Å²) < 4.78 is 0. The number of pyridine rings is 1. The van der Waals surface area contributed by atoms with Gasteiger partial charge in [0, 0.05) is 29.7 Å². The van der Waals surface area contributed by atoms with Crippen LogP contribution < -0.4 is 10.2 Å². The van der Waals surface area contributed by atoms with Crippen molar-refractivity contribution in [3.05, 3.63) is 89.2 Å². The lowest BCUT2D eigenvalue weighted by Gasteiger charge is -2.20. The first-order valence-corrected chi connectivity index (χ1v) is 9.21. The van der Waals surface area contributed by atoms with Crippen molar-refractivity contribution >= 4 is 23.2 Å². The smallest absolute Gasteiger partial charge is 0.276 e. The average Bonchev–Trinajstić information content (AvgIpc) is 2.72. The molecule has 0 saturated carbocycles. The van der Waals surface area contributed by atoms with Gasteiger partial charge in [-0.1, -0.05) is 36.4 Å². The second-order valence-corrected chi connectivity index (χ2v) is 6.54. The lowest BCUT2D eigenvalue weighted by Crippen LogP contribution is -2.31. The highest BCUT2D eigenvalue weighted by atomic mass is 16.2. The summed E-state index contributed by atoms with van der Waals surface area (Å²) in [6.45, 7) is 6.30. The maximum absolute atomic E-state index is 12.9. The van der Waals surface area contributed by atoms with Gasteiger partial charge in [0.15, 0.2) is 0 Å². The Morgan fingerprint density at radius 1 is 0.964 bits per heavy atom. The summed E-state index contributed by atoms with van der Waals surface area (Å²) in [6.07, 6.45) is 1.49. The van der Waals surface area contributed by atoms with E-state index >= 15 is 0 Å². The number of para-hydroxylation sites is 2. The van der Waals surface area contributed by atoms with Crippen molar-refractivity contribution in [1.29, 1.82) is 0 Å². The molecule has 28 heavy (non-hydrogen) atoms. The summed E-state index contributed by atoms with van der Waals surface area (Å²) in [4.78, 5) is 31.5. The Balaban J connectivity index is 1.85. The number of aryl methyl sites for hydroxylation is 2. The first kappa shape index (κ1) is 19.3. The van der Waals surface area contributed by atoms with Gasteiger partial charge in [0.1, 0.15) is 5.69 Å². The topological polar surface area (TPSA) is 62.3 Å². The predicted molar refractivity (Wildman–Crippen MR) is 112 cm³/mol. The van der Waals surface area contributed by atoms with E-state index in [2.05, 4.69) is 10.3 Å². The number of benzene rings is 2. The molecular weight excluding hydrogens is 350 g/mol. The van der Waals surface area contributed by atoms with E-state index in [1.165, 1.54) is 12.3 Å². The molecule has 0 aliphatic heterocycles. The molecule has 142 valence electrons. The Bertz CT molecular complexity index is 979. The monoisotopic (exact) mass is 373 g/mol. The van der Waals surface area contributed by atoms with E-state index in [1.807, 2.05) is 69.3 Å². The third kappa shape index (κ3) is 4.09. The van der Waals surface area contributed by atoms with Crippen LogP contribution in [0, 0.1) is 13.8 Å². The molecule has 1 N–H and O–H groups in total. The van der Waals surface area contributed by atoms with Crippen molar-refractivity contribution in [3.63, 3.8) is 0 Å². The van der Waals surface area contributed by atoms with Gasteiger partial charge >= 0.3 is 0 Å². The molecule has 0 aliphatic carbocycles. The van der Waals surface area contributed by atoms with Crippen molar-refractivity contribution in [3.8, 4) is 0 Å². The van der Waals surface area contributed by atoms with Gasteiger partial charge in [-0.2, -0.15) is 0 Å². The fourth-order valence-electron chi connectivity index (χ4n) is 3.08. The van der Waals surface area contributed by atoms with Crippen LogP contribution in [0.3, 0.4) is 0 Å². The van der Waals surface area contributed by atoms with Crippen LogP contribution in [-0.4, -0.2) is 23.3 Å². The van der Waals surface area contributed by atoms with Crippen LogP contribution >= 0.6 is 0 Å². The van der Waals surface area contributed by atoms with Crippen molar-refractivity contribution in [2.75, 3.05) is 16.8 Å². The zero-order valence-electron chi connectivity index (χ0n) is 16.3. The summed E-state index contributed by atoms with van der Waals surface area (Å²) in [7, 11) is 0. The number of aromatic nitrogens is 1. The summed E-state index contributed by atoms with van der Waals surface area (Å²) in [5.41, 5.74) is 4.18. The van der Waals surface area contributed by atoms with Gasteiger partial charge in [0.25, 0.3) is 11.8 Å². The molecule has 2 amide bonds. The number of carbonyl (C=O) groups excluding carboxylic acids is 2. The third-order valence-electron chi connectivity index (χ3n) is 4.59. The van der Waals surface area contributed by atoms with Crippen molar-refractivity contribution in [2.45, 2.75) is 20.8 Å². The van der Waals surface area contributed by atoms with Crippen LogP contribution in [-0.2, 0) is 0 Å². The van der Waals surface area contributed by atoms with Crippen molar-refractivity contribution in [2.24, 2.45) is 0 Å². The maximum Gasteiger partial charge on any atom is 0.276 e. The number of nitrogens with one attached hydrogen (secondary N) is 1. The molecule has 0 radical (unpaired) electrons. The summed E-state index contributed by atoms with van der Waals surface area (Å²) in [5.74, 6) is -0.507. The molecule has 2 aromatic carbocycles. The third-order valence-corrected chi connectivity index (χ3v) is 4.59. The Morgan fingerprint density at radius 2 is 1.64 bits per heavy atom. The van der Waals surface area contributed by atoms with Gasteiger partial charge in [0.2, 0.25) is 0 Å². The second-order valence-electron chi connectivity index (χ2n) is 6.54. The molecule has 0 atom stereocenters. The highest BCUT2D eigenvalue weighted by Gasteiger charge is 2.19. The van der Waals surface area contributed by atoms with Crippen LogP contribution in [0.5, 0.6) is 0 Å². The lowest BCUT2D eigenvalue weighted by atomic mass is 10.1. The summed E-state index contributed by atoms with van der Waals surface area (Å²) in [5, 5.41) is 2.94. The van der Waals surface area contributed by atoms with E-state index in [4.69, 9.17) is 0 Å². The van der Waals surface area contributed by atoms with Crippen LogP contribution in [0.15, 0.2) is 66.9 Å². The van der Waals surface area contributed by atoms with Gasteiger partial charge in [-0.3, -0.25) is 14.6 Å². The van der Waals surface area contributed by atoms with E-state index in [9.17, 15) is 9.59 Å². The zero-order valence-corrected chi connectivity index (χ0v) is 16.3. The molecule has 0 unspecified atom stereocenters. The van der Waals surface area contributed by atoms with Gasteiger partial charge in [-0.25, -0.2) is 0 Å². The molecule has 0 spiro atoms. The second kappa shape index (κ2) is 8.48. The van der Waals surface area contributed by atoms with Crippen LogP contribution in [0.2, 0.25) is 0 Å². The van der Waals surface area contributed by atoms with E-state index in [0.717, 1.165) is 22.5 Å². The van der Waals surface area contributed by atoms with E-state index in [-0.39, 0.29) is 17.5 Å². The normalized spacial score (nSPS) is 10.4. The quantitative estimate of drug-likeness (QED) is 0.710. The molecule has 0 fully saturated rings. The van der Waals surface area contributed by atoms with Crippen molar-refractivity contribution in [1.82, 2.24) is 4.98 Å². The number of hydrogen-bond acceptors (Lipinski definition) is 3. The highest BCUT2D eigenvalue weighted by molar-refractivity contribution is 6.09. The van der Waals surface area contributed by atoms with Gasteiger partial charge in [0.05, 0.1) is 0 Å². The minimum atomic E-state index is -0.267. The Hall–Kier alpha value is -3.47. The fourth-order valence-corrected chi connectivity index (χ4v) is 3.08. The molecular formula is C23H23N3O2. The minimum absolute atomic E-state index is 0.236. The Labute approximate surface area is 165 Å². The first-order chi connectivity index (χ1) is 13.5. The number of hydrogen-bond donors (Lipinski definition) is 1. The molecule has 3 rings (SSSR count). The number of amides is 2. The molecule has 0 saturated heterocycles. The van der Waals surface area contributed by atoms with E-state index in [0.29, 0.717) is 12.1 Å². The summed E-state index contributed by atoms with van der Waals surface area (Å²) in [6, 6.07) is 18.4. The molecule has 0 bridgehead atoms. The number of carbonyl (C=O) groups is 2. The maximum atomic E-state index is 12.9. The molecule has 5 heteroatoms. The Morgan fingerprint density at radius 3 is 2.29 bits per heavy atom. The number of rotatable bonds is 5. The molecule has 1 heterocycles. The molecule has 3 aromatic rings. The standard InChI is InChI=1S/C23H23N3O2/c1-4-26(19-11-6-5-7-12-19)23(28)20-15-18(13-14-24-20)22(27)25-21-16(2)9-8-10-17(21)3/h5-15H,4H2,1-3H3,(H,25,27). The van der Waals surface area contributed by atoms with Crippen LogP contribution in [0.1, 0.15) is 38.9 Å². The van der Waals surface area contributed by atoms with Crippen LogP contribution in [0.4, 0.5) is 11.4 Å². The van der Waals surface area contributed by atoms with E-state index < -0.39 is 0 Å². The average molecular weight is 373 g/mol. The van der Waals surface area contributed by atoms with Crippen LogP contribution in [0.25, 0.3) is 0 Å². The fraction of sp³-hybridized carbons (Fsp3) is 0.174. The SMILES string of the molecule is CCN(C(=O)c1cc(C(=O)Nc2c(C)cccc2C)ccn1)c1ccccc1. The highest BCUT2D eigenvalue weighted by Crippen LogP contribution is 2.21. The molecule has 5 nitrogen and oxygen atoms in total. The number of nitrogens with zero attached hydrogens (tertiary/aromatic N) is 2. The largest absolute Gasteiger partial charge is 0.322 e. The zero-order chi connectivity index (χ0) is 20.1. The predicted octanol–water partition coefficient (Wildman–Crippen LogP) is 4.62. The molecule has 1 aromatic heterocycles. The Kier molecular flexibility index (Phi) is 5.84.